The lowest BCUT2D eigenvalue weighted by molar-refractivity contribution is 0.577. The van der Waals surface area contributed by atoms with Crippen LogP contribution in [0.2, 0.25) is 0 Å². The van der Waals surface area contributed by atoms with Gasteiger partial charge in [-0.25, -0.2) is 4.98 Å². The molecule has 3 heterocycles. The van der Waals surface area contributed by atoms with Crippen LogP contribution < -0.4 is 4.90 Å². The van der Waals surface area contributed by atoms with E-state index in [2.05, 4.69) is 15.1 Å². The van der Waals surface area contributed by atoms with Crippen LogP contribution in [0.1, 0.15) is 5.82 Å². The summed E-state index contributed by atoms with van der Waals surface area (Å²) in [4.78, 5) is 11.3. The number of anilines is 3. The molecule has 6 rings (SSSR count). The fourth-order valence-corrected chi connectivity index (χ4v) is 6.94. The first-order chi connectivity index (χ1) is 15.6. The minimum Gasteiger partial charge on any atom is -0.277 e. The summed E-state index contributed by atoms with van der Waals surface area (Å²) in [6.07, 6.45) is 0. The first-order valence-corrected chi connectivity index (χ1v) is 13.0. The van der Waals surface area contributed by atoms with E-state index >= 15 is 0 Å². The third-order valence-corrected chi connectivity index (χ3v) is 8.81. The van der Waals surface area contributed by atoms with Crippen molar-refractivity contribution in [1.29, 1.82) is 0 Å². The summed E-state index contributed by atoms with van der Waals surface area (Å²) in [5.74, 6) is 1.10. The van der Waals surface area contributed by atoms with E-state index in [-0.39, 0.29) is 10.8 Å². The van der Waals surface area contributed by atoms with Gasteiger partial charge in [0.25, 0.3) is 10.0 Å². The summed E-state index contributed by atoms with van der Waals surface area (Å²) in [5, 5.41) is 4.38. The minimum atomic E-state index is -3.85. The molecule has 0 fully saturated rings. The molecule has 1 aliphatic rings. The van der Waals surface area contributed by atoms with Crippen LogP contribution in [0, 0.1) is 0 Å². The van der Waals surface area contributed by atoms with E-state index in [0.717, 1.165) is 24.3 Å². The Balaban J connectivity index is 1.41. The van der Waals surface area contributed by atoms with E-state index in [0.29, 0.717) is 17.3 Å². The van der Waals surface area contributed by atoms with Crippen molar-refractivity contribution in [3.05, 3.63) is 84.7 Å². The SMILES string of the molecule is O=S1(=O)c2ccccc2N(c2ccccc2)c2nc(CSc3nc4ccccc4s3)nn21. The first-order valence-electron chi connectivity index (χ1n) is 9.75. The van der Waals surface area contributed by atoms with Crippen LogP contribution in [0.4, 0.5) is 17.3 Å². The van der Waals surface area contributed by atoms with Gasteiger partial charge in [0, 0.05) is 5.69 Å². The van der Waals surface area contributed by atoms with Gasteiger partial charge in [0.2, 0.25) is 5.95 Å². The maximum absolute atomic E-state index is 13.3. The molecule has 3 aromatic carbocycles. The van der Waals surface area contributed by atoms with Gasteiger partial charge in [0.05, 0.1) is 21.7 Å². The van der Waals surface area contributed by atoms with Crippen LogP contribution in [0.5, 0.6) is 0 Å². The Morgan fingerprint density at radius 1 is 0.875 bits per heavy atom. The van der Waals surface area contributed by atoms with Gasteiger partial charge in [0.1, 0.15) is 4.90 Å². The molecule has 2 aromatic heterocycles. The van der Waals surface area contributed by atoms with Crippen molar-refractivity contribution >= 4 is 60.7 Å². The van der Waals surface area contributed by atoms with Crippen LogP contribution in [0.3, 0.4) is 0 Å². The molecule has 0 bridgehead atoms. The van der Waals surface area contributed by atoms with Crippen LogP contribution in [-0.4, -0.2) is 27.6 Å². The minimum absolute atomic E-state index is 0.201. The highest BCUT2D eigenvalue weighted by atomic mass is 32.2. The zero-order chi connectivity index (χ0) is 21.7. The summed E-state index contributed by atoms with van der Waals surface area (Å²) in [6.45, 7) is 0. The summed E-state index contributed by atoms with van der Waals surface area (Å²) in [7, 11) is -3.85. The van der Waals surface area contributed by atoms with Crippen LogP contribution in [0.15, 0.2) is 88.1 Å². The monoisotopic (exact) mass is 477 g/mol. The largest absolute Gasteiger partial charge is 0.288 e. The molecule has 158 valence electrons. The quantitative estimate of drug-likeness (QED) is 0.323. The zero-order valence-electron chi connectivity index (χ0n) is 16.5. The lowest BCUT2D eigenvalue weighted by atomic mass is 10.2. The van der Waals surface area contributed by atoms with Gasteiger partial charge in [-0.3, -0.25) is 4.90 Å². The zero-order valence-corrected chi connectivity index (χ0v) is 18.9. The van der Waals surface area contributed by atoms with Gasteiger partial charge in [-0.2, -0.15) is 13.4 Å². The first kappa shape index (κ1) is 19.5. The predicted molar refractivity (Wildman–Crippen MR) is 126 cm³/mol. The highest BCUT2D eigenvalue weighted by Gasteiger charge is 2.37. The van der Waals surface area contributed by atoms with Gasteiger partial charge in [-0.05, 0) is 36.4 Å². The Hall–Kier alpha value is -3.21. The molecule has 1 aliphatic heterocycles. The maximum Gasteiger partial charge on any atom is 0.288 e. The molecule has 0 saturated carbocycles. The average molecular weight is 478 g/mol. The van der Waals surface area contributed by atoms with Crippen LogP contribution >= 0.6 is 23.1 Å². The van der Waals surface area contributed by atoms with Gasteiger partial charge in [-0.15, -0.1) is 20.5 Å². The number of rotatable bonds is 4. The van der Waals surface area contributed by atoms with Gasteiger partial charge in [0.15, 0.2) is 10.2 Å². The standard InChI is InChI=1S/C22H15N5O2S3/c28-32(29)19-13-7-5-11-17(19)26(15-8-2-1-3-9-15)21-24-20(25-27(21)32)14-30-22-23-16-10-4-6-12-18(16)31-22/h1-13H,14H2. The number of hydrogen-bond donors (Lipinski definition) is 0. The van der Waals surface area contributed by atoms with E-state index in [1.807, 2.05) is 65.6 Å². The smallest absolute Gasteiger partial charge is 0.277 e. The molecule has 0 spiro atoms. The summed E-state index contributed by atoms with van der Waals surface area (Å²) >= 11 is 3.10. The van der Waals surface area contributed by atoms with Gasteiger partial charge < -0.3 is 0 Å². The van der Waals surface area contributed by atoms with Crippen molar-refractivity contribution < 1.29 is 8.42 Å². The van der Waals surface area contributed by atoms with Crippen molar-refractivity contribution in [2.24, 2.45) is 0 Å². The van der Waals surface area contributed by atoms with E-state index < -0.39 is 10.0 Å². The molecule has 10 heteroatoms. The summed E-state index contributed by atoms with van der Waals surface area (Å²) in [5.41, 5.74) is 2.32. The second-order valence-electron chi connectivity index (χ2n) is 7.05. The van der Waals surface area contributed by atoms with Crippen molar-refractivity contribution in [3.8, 4) is 0 Å². The topological polar surface area (TPSA) is 81.0 Å². The Kier molecular flexibility index (Phi) is 4.53. The average Bonchev–Trinajstić information content (AvgIpc) is 3.43. The van der Waals surface area contributed by atoms with Crippen molar-refractivity contribution in [3.63, 3.8) is 0 Å². The number of thioether (sulfide) groups is 1. The second-order valence-corrected chi connectivity index (χ2v) is 11.0. The van der Waals surface area contributed by atoms with E-state index in [1.165, 1.54) is 11.8 Å². The summed E-state index contributed by atoms with van der Waals surface area (Å²) in [6, 6.07) is 24.4. The molecule has 0 N–H and O–H groups in total. The third-order valence-electron chi connectivity index (χ3n) is 5.03. The van der Waals surface area contributed by atoms with Crippen LogP contribution in [0.25, 0.3) is 10.2 Å². The second kappa shape index (κ2) is 7.44. The summed E-state index contributed by atoms with van der Waals surface area (Å²) < 4.78 is 29.6. The number of para-hydroxylation sites is 3. The van der Waals surface area contributed by atoms with E-state index in [4.69, 9.17) is 0 Å². The molecular formula is C22H15N5O2S3. The maximum atomic E-state index is 13.3. The number of hydrogen-bond acceptors (Lipinski definition) is 8. The number of fused-ring (bicyclic) bond motifs is 3. The van der Waals surface area contributed by atoms with E-state index in [1.54, 1.807) is 29.5 Å². The highest BCUT2D eigenvalue weighted by molar-refractivity contribution is 8.00. The molecule has 0 amide bonds. The Labute approximate surface area is 192 Å². The lowest BCUT2D eigenvalue weighted by Gasteiger charge is -2.29. The number of benzene rings is 3. The molecule has 0 atom stereocenters. The van der Waals surface area contributed by atoms with Crippen molar-refractivity contribution in [2.75, 3.05) is 4.90 Å². The Morgan fingerprint density at radius 3 is 2.47 bits per heavy atom. The molecule has 0 saturated heterocycles. The fourth-order valence-electron chi connectivity index (χ4n) is 3.62. The number of thiazole rings is 1. The molecule has 32 heavy (non-hydrogen) atoms. The fraction of sp³-hybridized carbons (Fsp3) is 0.0455. The molecule has 5 aromatic rings. The number of aromatic nitrogens is 4. The molecule has 7 nitrogen and oxygen atoms in total. The predicted octanol–water partition coefficient (Wildman–Crippen LogP) is 5.20. The third kappa shape index (κ3) is 3.10. The van der Waals surface area contributed by atoms with Gasteiger partial charge in [-0.1, -0.05) is 54.2 Å². The molecule has 0 radical (unpaired) electrons. The van der Waals surface area contributed by atoms with Crippen LogP contribution in [-0.2, 0) is 15.8 Å². The highest BCUT2D eigenvalue weighted by Crippen LogP contribution is 2.43. The van der Waals surface area contributed by atoms with E-state index in [9.17, 15) is 8.42 Å². The van der Waals surface area contributed by atoms with Crippen molar-refractivity contribution in [2.45, 2.75) is 15.0 Å². The molecular weight excluding hydrogens is 462 g/mol. The Morgan fingerprint density at radius 2 is 1.62 bits per heavy atom. The van der Waals surface area contributed by atoms with Gasteiger partial charge >= 0.3 is 0 Å². The molecule has 0 unspecified atom stereocenters. The molecule has 0 aliphatic carbocycles. The normalized spacial score (nSPS) is 14.3. The number of nitrogens with zero attached hydrogens (tertiary/aromatic N) is 5. The lowest BCUT2D eigenvalue weighted by Crippen LogP contribution is -2.28. The van der Waals surface area contributed by atoms with Crippen molar-refractivity contribution in [1.82, 2.24) is 19.2 Å². The Bertz CT molecular complexity index is 1530.